The van der Waals surface area contributed by atoms with Crippen molar-refractivity contribution in [2.24, 2.45) is 0 Å². The van der Waals surface area contributed by atoms with E-state index < -0.39 is 29.7 Å². The fraction of sp³-hybridized carbons (Fsp3) is 0.476. The normalized spacial score (nSPS) is 18.0. The van der Waals surface area contributed by atoms with Crippen molar-refractivity contribution in [3.8, 4) is 0 Å². The Morgan fingerprint density at radius 1 is 1.11 bits per heavy atom. The van der Waals surface area contributed by atoms with Gasteiger partial charge in [0.2, 0.25) is 0 Å². The third kappa shape index (κ3) is 5.34. The maximum absolute atomic E-state index is 12.6. The van der Waals surface area contributed by atoms with Crippen molar-refractivity contribution < 1.29 is 28.6 Å². The van der Waals surface area contributed by atoms with Crippen molar-refractivity contribution in [2.75, 3.05) is 6.61 Å². The Hall–Kier alpha value is -2.83. The molecule has 1 fully saturated rings. The van der Waals surface area contributed by atoms with Gasteiger partial charge in [0.15, 0.2) is 0 Å². The largest absolute Gasteiger partial charge is 0.463 e. The lowest BCUT2D eigenvalue weighted by Gasteiger charge is -2.42. The average molecular weight is 389 g/mol. The predicted octanol–water partition coefficient (Wildman–Crippen LogP) is 3.58. The molecule has 0 spiro atoms. The highest BCUT2D eigenvalue weighted by atomic mass is 16.6. The summed E-state index contributed by atoms with van der Waals surface area (Å²) in [5.41, 5.74) is 0.792. The van der Waals surface area contributed by atoms with E-state index in [4.69, 9.17) is 14.2 Å². The van der Waals surface area contributed by atoms with E-state index in [9.17, 15) is 14.4 Å². The van der Waals surface area contributed by atoms with Crippen LogP contribution in [0.5, 0.6) is 0 Å². The highest BCUT2D eigenvalue weighted by molar-refractivity contribution is 5.93. The molecule has 0 N–H and O–H groups in total. The fourth-order valence-electron chi connectivity index (χ4n) is 2.70. The Morgan fingerprint density at radius 2 is 1.75 bits per heavy atom. The van der Waals surface area contributed by atoms with Gasteiger partial charge in [0.1, 0.15) is 18.2 Å². The van der Waals surface area contributed by atoms with Gasteiger partial charge in [-0.25, -0.2) is 14.4 Å². The third-order valence-electron chi connectivity index (χ3n) is 4.09. The van der Waals surface area contributed by atoms with Crippen LogP contribution in [0.1, 0.15) is 46.6 Å². The van der Waals surface area contributed by atoms with Gasteiger partial charge in [-0.05, 0) is 40.2 Å². The van der Waals surface area contributed by atoms with Crippen molar-refractivity contribution in [2.45, 2.75) is 59.3 Å². The zero-order chi connectivity index (χ0) is 20.9. The average Bonchev–Trinajstić information content (AvgIpc) is 2.58. The zero-order valence-corrected chi connectivity index (χ0v) is 17.0. The number of amides is 1. The summed E-state index contributed by atoms with van der Waals surface area (Å²) in [6.45, 7) is 8.79. The predicted molar refractivity (Wildman–Crippen MR) is 102 cm³/mol. The Bertz CT molecular complexity index is 763. The summed E-state index contributed by atoms with van der Waals surface area (Å²) in [7, 11) is 0. The molecule has 1 aliphatic heterocycles. The van der Waals surface area contributed by atoms with E-state index in [2.05, 4.69) is 0 Å². The maximum atomic E-state index is 12.6. The van der Waals surface area contributed by atoms with Crippen LogP contribution in [-0.2, 0) is 30.4 Å². The first kappa shape index (κ1) is 21.5. The summed E-state index contributed by atoms with van der Waals surface area (Å²) in [5, 5.41) is 0. The Kier molecular flexibility index (Phi) is 6.83. The van der Waals surface area contributed by atoms with Gasteiger partial charge in [0.25, 0.3) is 0 Å². The van der Waals surface area contributed by atoms with Crippen molar-refractivity contribution in [1.82, 2.24) is 4.90 Å². The van der Waals surface area contributed by atoms with Gasteiger partial charge in [-0.2, -0.15) is 0 Å². The van der Waals surface area contributed by atoms with Crippen molar-refractivity contribution >= 4 is 18.0 Å². The summed E-state index contributed by atoms with van der Waals surface area (Å²) in [4.78, 5) is 38.4. The van der Waals surface area contributed by atoms with Gasteiger partial charge < -0.3 is 14.2 Å². The molecule has 28 heavy (non-hydrogen) atoms. The smallest absolute Gasteiger partial charge is 0.415 e. The van der Waals surface area contributed by atoms with E-state index in [1.165, 1.54) is 4.90 Å². The van der Waals surface area contributed by atoms with Crippen LogP contribution < -0.4 is 0 Å². The number of hydrogen-bond acceptors (Lipinski definition) is 6. The molecule has 0 saturated carbocycles. The van der Waals surface area contributed by atoms with Gasteiger partial charge in [-0.1, -0.05) is 30.3 Å². The molecule has 7 nitrogen and oxygen atoms in total. The van der Waals surface area contributed by atoms with E-state index in [1.807, 2.05) is 30.3 Å². The molecule has 1 atom stereocenters. The van der Waals surface area contributed by atoms with E-state index in [1.54, 1.807) is 34.6 Å². The molecule has 1 saturated heterocycles. The van der Waals surface area contributed by atoms with Crippen LogP contribution in [0.4, 0.5) is 4.79 Å². The summed E-state index contributed by atoms with van der Waals surface area (Å²) in [5.74, 6) is -1.07. The van der Waals surface area contributed by atoms with E-state index in [-0.39, 0.29) is 25.2 Å². The first-order valence-corrected chi connectivity index (χ1v) is 9.23. The van der Waals surface area contributed by atoms with E-state index in [0.717, 1.165) is 5.56 Å². The van der Waals surface area contributed by atoms with Crippen LogP contribution in [0.25, 0.3) is 0 Å². The van der Waals surface area contributed by atoms with Crippen molar-refractivity contribution in [3.05, 3.63) is 47.2 Å². The Labute approximate surface area is 165 Å². The number of benzene rings is 1. The highest BCUT2D eigenvalue weighted by Crippen LogP contribution is 2.35. The lowest BCUT2D eigenvalue weighted by molar-refractivity contribution is -0.154. The van der Waals surface area contributed by atoms with Crippen LogP contribution in [0.2, 0.25) is 0 Å². The lowest BCUT2D eigenvalue weighted by atomic mass is 9.95. The summed E-state index contributed by atoms with van der Waals surface area (Å²) in [6.07, 6.45) is -0.489. The van der Waals surface area contributed by atoms with Gasteiger partial charge in [0, 0.05) is 12.1 Å². The fourth-order valence-corrected chi connectivity index (χ4v) is 2.70. The summed E-state index contributed by atoms with van der Waals surface area (Å²) in [6, 6.07) is 8.42. The molecule has 1 amide bonds. The van der Waals surface area contributed by atoms with Crippen molar-refractivity contribution in [3.63, 3.8) is 0 Å². The highest BCUT2D eigenvalue weighted by Gasteiger charge is 2.47. The first-order chi connectivity index (χ1) is 13.1. The number of likely N-dealkylation sites (tertiary alicyclic amines) is 1. The van der Waals surface area contributed by atoms with E-state index >= 15 is 0 Å². The van der Waals surface area contributed by atoms with Crippen LogP contribution in [0.15, 0.2) is 41.6 Å². The molecular weight excluding hydrogens is 362 g/mol. The standard InChI is InChI=1S/C21H27NO6/c1-6-26-18(23)14(2)16-12-17(22(16)20(25)28-21(3,4)5)19(24)27-13-15-10-8-7-9-11-15/h7-11,17H,6,12-13H2,1-5H3/b16-14+/t17-/m0/s1. The Morgan fingerprint density at radius 3 is 2.32 bits per heavy atom. The molecule has 0 radical (unpaired) electrons. The Balaban J connectivity index is 2.16. The number of carbonyl (C=O) groups excluding carboxylic acids is 3. The van der Waals surface area contributed by atoms with Crippen molar-refractivity contribution in [1.29, 1.82) is 0 Å². The topological polar surface area (TPSA) is 82.1 Å². The lowest BCUT2D eigenvalue weighted by Crippen LogP contribution is -2.56. The monoisotopic (exact) mass is 389 g/mol. The molecule has 0 aromatic heterocycles. The number of carbonyl (C=O) groups is 3. The number of esters is 2. The minimum Gasteiger partial charge on any atom is -0.463 e. The van der Waals surface area contributed by atoms with Gasteiger partial charge in [0.05, 0.1) is 12.2 Å². The van der Waals surface area contributed by atoms with Crippen LogP contribution in [-0.4, -0.2) is 41.2 Å². The van der Waals surface area contributed by atoms with Crippen LogP contribution in [0.3, 0.4) is 0 Å². The third-order valence-corrected chi connectivity index (χ3v) is 4.09. The molecule has 1 heterocycles. The number of hydrogen-bond donors (Lipinski definition) is 0. The quantitative estimate of drug-likeness (QED) is 0.435. The molecule has 1 aromatic carbocycles. The van der Waals surface area contributed by atoms with Crippen LogP contribution >= 0.6 is 0 Å². The minimum absolute atomic E-state index is 0.105. The molecule has 152 valence electrons. The molecular formula is C21H27NO6. The summed E-state index contributed by atoms with van der Waals surface area (Å²) < 4.78 is 15.7. The second-order valence-electron chi connectivity index (χ2n) is 7.46. The first-order valence-electron chi connectivity index (χ1n) is 9.23. The molecule has 0 bridgehead atoms. The van der Waals surface area contributed by atoms with Gasteiger partial charge in [-0.3, -0.25) is 4.90 Å². The summed E-state index contributed by atoms with van der Waals surface area (Å²) >= 11 is 0. The molecule has 1 aromatic rings. The molecule has 0 unspecified atom stereocenters. The second-order valence-corrected chi connectivity index (χ2v) is 7.46. The second kappa shape index (κ2) is 8.91. The minimum atomic E-state index is -0.835. The number of ether oxygens (including phenoxy) is 3. The molecule has 2 rings (SSSR count). The zero-order valence-electron chi connectivity index (χ0n) is 17.0. The number of rotatable bonds is 5. The van der Waals surface area contributed by atoms with E-state index in [0.29, 0.717) is 5.70 Å². The van der Waals surface area contributed by atoms with Gasteiger partial charge in [-0.15, -0.1) is 0 Å². The molecule has 0 aliphatic carbocycles. The number of nitrogens with zero attached hydrogens (tertiary/aromatic N) is 1. The molecule has 1 aliphatic rings. The van der Waals surface area contributed by atoms with Gasteiger partial charge >= 0.3 is 18.0 Å². The molecule has 7 heteroatoms. The maximum Gasteiger partial charge on any atom is 0.415 e. The van der Waals surface area contributed by atoms with Crippen LogP contribution in [0, 0.1) is 0 Å². The SMILES string of the molecule is CCOC(=O)/C(C)=C1\C[C@@H](C(=O)OCc2ccccc2)N1C(=O)OC(C)(C)C.